The maximum absolute atomic E-state index is 9.92. The first kappa shape index (κ1) is 15.0. The highest BCUT2D eigenvalue weighted by atomic mass is 35.5. The van der Waals surface area contributed by atoms with Crippen molar-refractivity contribution in [2.45, 2.75) is 26.7 Å². The molecule has 1 aliphatic heterocycles. The Labute approximate surface area is 125 Å². The van der Waals surface area contributed by atoms with Gasteiger partial charge in [0.15, 0.2) is 0 Å². The summed E-state index contributed by atoms with van der Waals surface area (Å²) in [7, 11) is 0. The first-order chi connectivity index (χ1) is 9.54. The molecule has 20 heavy (non-hydrogen) atoms. The van der Waals surface area contributed by atoms with Crippen molar-refractivity contribution < 1.29 is 5.11 Å². The molecule has 0 saturated heterocycles. The molecule has 3 rings (SSSR count). The van der Waals surface area contributed by atoms with E-state index < -0.39 is 0 Å². The van der Waals surface area contributed by atoms with Crippen molar-refractivity contribution >= 4 is 28.1 Å². The maximum Gasteiger partial charge on any atom is 0.125 e. The van der Waals surface area contributed by atoms with E-state index in [0.717, 1.165) is 28.9 Å². The minimum absolute atomic E-state index is 0.331. The van der Waals surface area contributed by atoms with E-state index in [4.69, 9.17) is 11.6 Å². The van der Waals surface area contributed by atoms with E-state index in [-0.39, 0.29) is 0 Å². The molecule has 0 saturated carbocycles. The molecule has 108 valence electrons. The Morgan fingerprint density at radius 3 is 2.45 bits per heavy atom. The number of rotatable bonds is 1. The van der Waals surface area contributed by atoms with E-state index in [0.29, 0.717) is 17.5 Å². The molecule has 2 nitrogen and oxygen atoms in total. The van der Waals surface area contributed by atoms with Gasteiger partial charge in [0, 0.05) is 35.5 Å². The molecule has 2 aromatic rings. The molecule has 1 aliphatic rings. The largest absolute Gasteiger partial charge is 0.507 e. The molecule has 2 aromatic carbocycles. The van der Waals surface area contributed by atoms with Crippen molar-refractivity contribution in [2.24, 2.45) is 5.92 Å². The second kappa shape index (κ2) is 6.36. The second-order valence-corrected chi connectivity index (χ2v) is 6.18. The number of hydrogen-bond acceptors (Lipinski definition) is 2. The van der Waals surface area contributed by atoms with Gasteiger partial charge in [-0.05, 0) is 16.9 Å². The molecule has 3 heteroatoms. The first-order valence-corrected chi connectivity index (χ1v) is 7.62. The third-order valence-corrected chi connectivity index (χ3v) is 3.57. The van der Waals surface area contributed by atoms with Crippen molar-refractivity contribution in [3.8, 4) is 5.75 Å². The molecular formula is C17H22ClNO. The van der Waals surface area contributed by atoms with Crippen LogP contribution in [0, 0.1) is 5.92 Å². The van der Waals surface area contributed by atoms with Crippen molar-refractivity contribution in [1.29, 1.82) is 0 Å². The second-order valence-electron chi connectivity index (χ2n) is 5.87. The lowest BCUT2D eigenvalue weighted by Gasteiger charge is -2.10. The number of aromatic hydroxyl groups is 1. The van der Waals surface area contributed by atoms with E-state index in [1.807, 2.05) is 24.3 Å². The number of hydrogen-bond donors (Lipinski definition) is 2. The van der Waals surface area contributed by atoms with Gasteiger partial charge in [-0.1, -0.05) is 45.0 Å². The SMILES string of the molecule is CC(C)C.Oc1cc2c(c3ccccc13)C(CCl)CN2. The normalized spacial score (nSPS) is 16.6. The summed E-state index contributed by atoms with van der Waals surface area (Å²) >= 11 is 5.97. The summed E-state index contributed by atoms with van der Waals surface area (Å²) in [5.41, 5.74) is 2.25. The van der Waals surface area contributed by atoms with Crippen LogP contribution in [0.15, 0.2) is 30.3 Å². The number of phenolic OH excluding ortho intramolecular Hbond substituents is 1. The van der Waals surface area contributed by atoms with Gasteiger partial charge in [-0.25, -0.2) is 0 Å². The zero-order chi connectivity index (χ0) is 14.7. The lowest BCUT2D eigenvalue weighted by atomic mass is 9.95. The average molecular weight is 292 g/mol. The van der Waals surface area contributed by atoms with Crippen LogP contribution in [0.1, 0.15) is 32.3 Å². The van der Waals surface area contributed by atoms with Crippen LogP contribution in [0.4, 0.5) is 5.69 Å². The molecule has 0 aliphatic carbocycles. The summed E-state index contributed by atoms with van der Waals surface area (Å²) in [4.78, 5) is 0. The number of fused-ring (bicyclic) bond motifs is 3. The van der Waals surface area contributed by atoms with E-state index in [2.05, 4.69) is 26.1 Å². The van der Waals surface area contributed by atoms with Gasteiger partial charge in [-0.3, -0.25) is 0 Å². The lowest BCUT2D eigenvalue weighted by molar-refractivity contribution is 0.482. The van der Waals surface area contributed by atoms with Crippen LogP contribution >= 0.6 is 11.6 Å². The van der Waals surface area contributed by atoms with Crippen LogP contribution in [0.25, 0.3) is 10.8 Å². The number of nitrogens with one attached hydrogen (secondary N) is 1. The summed E-state index contributed by atoms with van der Waals surface area (Å²) in [6, 6.07) is 9.71. The molecule has 1 heterocycles. The van der Waals surface area contributed by atoms with Gasteiger partial charge < -0.3 is 10.4 Å². The van der Waals surface area contributed by atoms with Crippen molar-refractivity contribution in [3.63, 3.8) is 0 Å². The Morgan fingerprint density at radius 1 is 1.25 bits per heavy atom. The smallest absolute Gasteiger partial charge is 0.125 e. The van der Waals surface area contributed by atoms with Gasteiger partial charge in [0.2, 0.25) is 0 Å². The molecule has 1 unspecified atom stereocenters. The van der Waals surface area contributed by atoms with Gasteiger partial charge in [-0.15, -0.1) is 11.6 Å². The summed E-state index contributed by atoms with van der Waals surface area (Å²) in [5, 5.41) is 15.2. The summed E-state index contributed by atoms with van der Waals surface area (Å²) in [6.07, 6.45) is 0. The molecule has 0 fully saturated rings. The Hall–Kier alpha value is -1.41. The topological polar surface area (TPSA) is 32.3 Å². The van der Waals surface area contributed by atoms with Crippen LogP contribution in [0.3, 0.4) is 0 Å². The molecule has 2 N–H and O–H groups in total. The van der Waals surface area contributed by atoms with E-state index in [9.17, 15) is 5.11 Å². The first-order valence-electron chi connectivity index (χ1n) is 7.09. The monoisotopic (exact) mass is 291 g/mol. The standard InChI is InChI=1S/C13H12ClNO.C4H10/c14-6-8-7-15-11-5-12(16)9-3-1-2-4-10(9)13(8)11;1-4(2)3/h1-5,8,15-16H,6-7H2;4H,1-3H3. The highest BCUT2D eigenvalue weighted by molar-refractivity contribution is 6.18. The molecule has 0 bridgehead atoms. The van der Waals surface area contributed by atoms with E-state index >= 15 is 0 Å². The van der Waals surface area contributed by atoms with Crippen molar-refractivity contribution in [3.05, 3.63) is 35.9 Å². The number of anilines is 1. The van der Waals surface area contributed by atoms with Gasteiger partial charge in [-0.2, -0.15) is 0 Å². The number of benzene rings is 2. The summed E-state index contributed by atoms with van der Waals surface area (Å²) in [5.74, 6) is 2.11. The predicted octanol–water partition coefficient (Wildman–Crippen LogP) is 4.96. The number of phenols is 1. The quantitative estimate of drug-likeness (QED) is 0.728. The van der Waals surface area contributed by atoms with E-state index in [1.165, 1.54) is 5.56 Å². The van der Waals surface area contributed by atoms with Crippen LogP contribution in [-0.4, -0.2) is 17.5 Å². The average Bonchev–Trinajstić information content (AvgIpc) is 2.81. The van der Waals surface area contributed by atoms with Crippen LogP contribution in [0.2, 0.25) is 0 Å². The molecule has 0 aromatic heterocycles. The molecule has 0 spiro atoms. The number of halogens is 1. The fraction of sp³-hybridized carbons (Fsp3) is 0.412. The minimum Gasteiger partial charge on any atom is -0.507 e. The highest BCUT2D eigenvalue weighted by Gasteiger charge is 2.24. The summed E-state index contributed by atoms with van der Waals surface area (Å²) in [6.45, 7) is 7.35. The summed E-state index contributed by atoms with van der Waals surface area (Å²) < 4.78 is 0. The van der Waals surface area contributed by atoms with Crippen molar-refractivity contribution in [2.75, 3.05) is 17.7 Å². The Balaban J connectivity index is 0.000000328. The lowest BCUT2D eigenvalue weighted by Crippen LogP contribution is -2.02. The van der Waals surface area contributed by atoms with Crippen LogP contribution in [-0.2, 0) is 0 Å². The third kappa shape index (κ3) is 3.01. The van der Waals surface area contributed by atoms with Gasteiger partial charge in [0.1, 0.15) is 5.75 Å². The highest BCUT2D eigenvalue weighted by Crippen LogP contribution is 2.41. The third-order valence-electron chi connectivity index (χ3n) is 3.20. The molecule has 0 radical (unpaired) electrons. The zero-order valence-electron chi connectivity index (χ0n) is 12.3. The van der Waals surface area contributed by atoms with Gasteiger partial charge >= 0.3 is 0 Å². The Morgan fingerprint density at radius 2 is 1.85 bits per heavy atom. The predicted molar refractivity (Wildman–Crippen MR) is 88.1 cm³/mol. The molecule has 1 atom stereocenters. The van der Waals surface area contributed by atoms with Gasteiger partial charge in [0.25, 0.3) is 0 Å². The maximum atomic E-state index is 9.92. The fourth-order valence-corrected chi connectivity index (χ4v) is 2.70. The fourth-order valence-electron chi connectivity index (χ4n) is 2.43. The molecular weight excluding hydrogens is 270 g/mol. The van der Waals surface area contributed by atoms with E-state index in [1.54, 1.807) is 6.07 Å². The minimum atomic E-state index is 0.331. The van der Waals surface area contributed by atoms with Crippen molar-refractivity contribution in [1.82, 2.24) is 0 Å². The Kier molecular flexibility index (Phi) is 4.77. The van der Waals surface area contributed by atoms with Crippen LogP contribution in [0.5, 0.6) is 5.75 Å². The Bertz CT molecular complexity index is 592. The van der Waals surface area contributed by atoms with Gasteiger partial charge in [0.05, 0.1) is 0 Å². The number of alkyl halides is 1. The van der Waals surface area contributed by atoms with Crippen LogP contribution < -0.4 is 5.32 Å². The zero-order valence-corrected chi connectivity index (χ0v) is 13.0. The molecule has 0 amide bonds.